The number of benzene rings is 1. The molecule has 3 heterocycles. The molecule has 0 radical (unpaired) electrons. The molecule has 138 valence electrons. The third kappa shape index (κ3) is 4.49. The molecule has 4 heteroatoms. The van der Waals surface area contributed by atoms with Crippen molar-refractivity contribution in [1.82, 2.24) is 14.9 Å². The molecule has 2 aromatic rings. The Labute approximate surface area is 156 Å². The zero-order valence-electron chi connectivity index (χ0n) is 15.5. The minimum Gasteiger partial charge on any atom is -0.381 e. The minimum atomic E-state index is 0.810. The molecule has 4 nitrogen and oxygen atoms in total. The van der Waals surface area contributed by atoms with Crippen molar-refractivity contribution in [1.29, 1.82) is 0 Å². The summed E-state index contributed by atoms with van der Waals surface area (Å²) in [7, 11) is 0. The molecule has 4 rings (SSSR count). The summed E-state index contributed by atoms with van der Waals surface area (Å²) in [5, 5.41) is 0. The Morgan fingerprint density at radius 2 is 1.69 bits per heavy atom. The third-order valence-corrected chi connectivity index (χ3v) is 5.87. The van der Waals surface area contributed by atoms with Gasteiger partial charge in [0.2, 0.25) is 0 Å². The average Bonchev–Trinajstić information content (AvgIpc) is 2.96. The molecule has 2 aliphatic rings. The van der Waals surface area contributed by atoms with Crippen molar-refractivity contribution in [3.05, 3.63) is 48.3 Å². The molecule has 0 N–H and O–H groups in total. The topological polar surface area (TPSA) is 38.2 Å². The van der Waals surface area contributed by atoms with Gasteiger partial charge in [0.05, 0.1) is 0 Å². The highest BCUT2D eigenvalue weighted by atomic mass is 16.5. The number of hydrogen-bond donors (Lipinski definition) is 0. The second-order valence-electron chi connectivity index (χ2n) is 7.72. The van der Waals surface area contributed by atoms with Gasteiger partial charge in [-0.1, -0.05) is 36.8 Å². The molecule has 2 fully saturated rings. The lowest BCUT2D eigenvalue weighted by Gasteiger charge is -2.32. The number of likely N-dealkylation sites (tertiary alicyclic amines) is 1. The highest BCUT2D eigenvalue weighted by Gasteiger charge is 2.27. The number of nitrogens with zero attached hydrogens (tertiary/aromatic N) is 3. The highest BCUT2D eigenvalue weighted by Crippen LogP contribution is 2.31. The van der Waals surface area contributed by atoms with Crippen LogP contribution >= 0.6 is 0 Å². The summed E-state index contributed by atoms with van der Waals surface area (Å²) in [5.41, 5.74) is 2.30. The van der Waals surface area contributed by atoms with E-state index in [4.69, 9.17) is 4.74 Å². The first-order chi connectivity index (χ1) is 12.9. The molecule has 2 saturated heterocycles. The van der Waals surface area contributed by atoms with Crippen molar-refractivity contribution in [2.45, 2.75) is 38.6 Å². The Hall–Kier alpha value is -1.78. The molecular weight excluding hydrogens is 322 g/mol. The van der Waals surface area contributed by atoms with Crippen LogP contribution in [0.3, 0.4) is 0 Å². The number of aromatic nitrogens is 2. The Bertz CT molecular complexity index is 668. The molecule has 1 aromatic heterocycles. The summed E-state index contributed by atoms with van der Waals surface area (Å²) in [4.78, 5) is 11.8. The van der Waals surface area contributed by atoms with E-state index in [1.165, 1.54) is 50.8 Å². The van der Waals surface area contributed by atoms with E-state index in [1.807, 2.05) is 30.6 Å². The molecular formula is C22H29N3O. The standard InChI is InChI=1S/C22H29N3O/c1-2-6-20(7-3-1)22-23-14-18(15-24-22)16-25-11-5-4-8-21(17-25)19-9-12-26-13-10-19/h1-3,6-7,14-15,19,21H,4-5,8-13,16-17H2. The molecule has 1 atom stereocenters. The minimum absolute atomic E-state index is 0.810. The highest BCUT2D eigenvalue weighted by molar-refractivity contribution is 5.53. The molecule has 1 aromatic carbocycles. The van der Waals surface area contributed by atoms with Crippen LogP contribution in [0, 0.1) is 11.8 Å². The fourth-order valence-electron chi connectivity index (χ4n) is 4.40. The fourth-order valence-corrected chi connectivity index (χ4v) is 4.40. The summed E-state index contributed by atoms with van der Waals surface area (Å²) in [6, 6.07) is 10.2. The first kappa shape index (κ1) is 17.6. The van der Waals surface area contributed by atoms with Gasteiger partial charge < -0.3 is 4.74 Å². The van der Waals surface area contributed by atoms with E-state index in [0.717, 1.165) is 43.0 Å². The van der Waals surface area contributed by atoms with Crippen molar-refractivity contribution in [3.63, 3.8) is 0 Å². The summed E-state index contributed by atoms with van der Waals surface area (Å²) < 4.78 is 5.56. The van der Waals surface area contributed by atoms with Crippen molar-refractivity contribution >= 4 is 0 Å². The summed E-state index contributed by atoms with van der Waals surface area (Å²) in [6.45, 7) is 5.28. The maximum absolute atomic E-state index is 5.56. The molecule has 2 aliphatic heterocycles. The van der Waals surface area contributed by atoms with Crippen LogP contribution in [-0.2, 0) is 11.3 Å². The lowest BCUT2D eigenvalue weighted by molar-refractivity contribution is 0.0386. The van der Waals surface area contributed by atoms with Gasteiger partial charge in [-0.2, -0.15) is 0 Å². The lowest BCUT2D eigenvalue weighted by atomic mass is 9.83. The number of ether oxygens (including phenoxy) is 1. The van der Waals surface area contributed by atoms with E-state index in [9.17, 15) is 0 Å². The largest absolute Gasteiger partial charge is 0.381 e. The van der Waals surface area contributed by atoms with E-state index in [-0.39, 0.29) is 0 Å². The van der Waals surface area contributed by atoms with Crippen molar-refractivity contribution in [2.24, 2.45) is 11.8 Å². The second kappa shape index (κ2) is 8.74. The summed E-state index contributed by atoms with van der Waals surface area (Å²) >= 11 is 0. The van der Waals surface area contributed by atoms with E-state index in [1.54, 1.807) is 0 Å². The normalized spacial score (nSPS) is 22.8. The lowest BCUT2D eigenvalue weighted by Crippen LogP contribution is -2.33. The van der Waals surface area contributed by atoms with E-state index in [2.05, 4.69) is 27.0 Å². The average molecular weight is 351 g/mol. The van der Waals surface area contributed by atoms with Gasteiger partial charge in [-0.15, -0.1) is 0 Å². The van der Waals surface area contributed by atoms with Gasteiger partial charge in [0.25, 0.3) is 0 Å². The molecule has 0 saturated carbocycles. The van der Waals surface area contributed by atoms with Crippen LogP contribution in [0.25, 0.3) is 11.4 Å². The predicted octanol–water partition coefficient (Wildman–Crippen LogP) is 4.17. The number of rotatable bonds is 4. The third-order valence-electron chi connectivity index (χ3n) is 5.87. The summed E-state index contributed by atoms with van der Waals surface area (Å²) in [6.07, 6.45) is 10.5. The molecule has 26 heavy (non-hydrogen) atoms. The van der Waals surface area contributed by atoms with Crippen LogP contribution in [-0.4, -0.2) is 41.2 Å². The van der Waals surface area contributed by atoms with Crippen LogP contribution in [0.1, 0.15) is 37.7 Å². The van der Waals surface area contributed by atoms with Crippen LogP contribution in [0.5, 0.6) is 0 Å². The van der Waals surface area contributed by atoms with Gasteiger partial charge in [0, 0.05) is 49.8 Å². The predicted molar refractivity (Wildman–Crippen MR) is 104 cm³/mol. The van der Waals surface area contributed by atoms with Crippen LogP contribution in [0.2, 0.25) is 0 Å². The van der Waals surface area contributed by atoms with Crippen molar-refractivity contribution < 1.29 is 4.74 Å². The van der Waals surface area contributed by atoms with Crippen LogP contribution in [0.4, 0.5) is 0 Å². The smallest absolute Gasteiger partial charge is 0.159 e. The molecule has 0 aliphatic carbocycles. The molecule has 0 amide bonds. The number of hydrogen-bond acceptors (Lipinski definition) is 4. The second-order valence-corrected chi connectivity index (χ2v) is 7.72. The Balaban J connectivity index is 1.39. The first-order valence-corrected chi connectivity index (χ1v) is 10.0. The van der Waals surface area contributed by atoms with E-state index in [0.29, 0.717) is 0 Å². The SMILES string of the molecule is c1ccc(-c2ncc(CN3CCCCC(C4CCOCC4)C3)cn2)cc1. The first-order valence-electron chi connectivity index (χ1n) is 10.0. The van der Waals surface area contributed by atoms with Gasteiger partial charge in [-0.3, -0.25) is 4.90 Å². The monoisotopic (exact) mass is 351 g/mol. The Morgan fingerprint density at radius 3 is 2.46 bits per heavy atom. The van der Waals surface area contributed by atoms with E-state index < -0.39 is 0 Å². The fraction of sp³-hybridized carbons (Fsp3) is 0.545. The van der Waals surface area contributed by atoms with Gasteiger partial charge in [0.15, 0.2) is 5.82 Å². The van der Waals surface area contributed by atoms with Crippen molar-refractivity contribution in [3.8, 4) is 11.4 Å². The maximum atomic E-state index is 5.56. The molecule has 0 bridgehead atoms. The van der Waals surface area contributed by atoms with Gasteiger partial charge >= 0.3 is 0 Å². The molecule has 0 spiro atoms. The zero-order chi connectivity index (χ0) is 17.6. The van der Waals surface area contributed by atoms with Gasteiger partial charge in [-0.25, -0.2) is 9.97 Å². The van der Waals surface area contributed by atoms with Crippen molar-refractivity contribution in [2.75, 3.05) is 26.3 Å². The summed E-state index contributed by atoms with van der Waals surface area (Å²) in [5.74, 6) is 2.48. The quantitative estimate of drug-likeness (QED) is 0.828. The van der Waals surface area contributed by atoms with Crippen LogP contribution in [0.15, 0.2) is 42.7 Å². The molecule has 1 unspecified atom stereocenters. The van der Waals surface area contributed by atoms with Gasteiger partial charge in [0.1, 0.15) is 0 Å². The zero-order valence-corrected chi connectivity index (χ0v) is 15.5. The van der Waals surface area contributed by atoms with E-state index >= 15 is 0 Å². The Morgan fingerprint density at radius 1 is 0.923 bits per heavy atom. The maximum Gasteiger partial charge on any atom is 0.159 e. The Kier molecular flexibility index (Phi) is 5.92. The van der Waals surface area contributed by atoms with Gasteiger partial charge in [-0.05, 0) is 44.1 Å². The van der Waals surface area contributed by atoms with Crippen LogP contribution < -0.4 is 0 Å².